The molecule has 0 aromatic heterocycles. The average Bonchev–Trinajstić information content (AvgIpc) is 2.76. The Labute approximate surface area is 187 Å². The van der Waals surface area contributed by atoms with Crippen LogP contribution in [0.2, 0.25) is 5.02 Å². The molecule has 31 heavy (non-hydrogen) atoms. The van der Waals surface area contributed by atoms with Gasteiger partial charge in [-0.3, -0.25) is 0 Å². The molecule has 1 aliphatic rings. The molecule has 0 atom stereocenters. The summed E-state index contributed by atoms with van der Waals surface area (Å²) in [6.07, 6.45) is 5.51. The summed E-state index contributed by atoms with van der Waals surface area (Å²) >= 11 is 5.96. The third-order valence-corrected chi connectivity index (χ3v) is 5.06. The van der Waals surface area contributed by atoms with Crippen LogP contribution >= 0.6 is 11.6 Å². The van der Waals surface area contributed by atoms with E-state index in [1.807, 2.05) is 0 Å². The number of aromatic hydroxyl groups is 1. The number of carboxylic acid groups (broad SMARTS) is 1. The Morgan fingerprint density at radius 2 is 1.55 bits per heavy atom. The van der Waals surface area contributed by atoms with E-state index in [1.54, 1.807) is 48.5 Å². The number of rotatable bonds is 6. The predicted molar refractivity (Wildman–Crippen MR) is 119 cm³/mol. The number of carbonyl (C=O) groups excluding carboxylic acids is 1. The molecule has 7 nitrogen and oxygen atoms in total. The van der Waals surface area contributed by atoms with E-state index in [9.17, 15) is 14.7 Å². The number of halogens is 1. The van der Waals surface area contributed by atoms with Gasteiger partial charge in [-0.25, -0.2) is 14.5 Å². The number of carbonyl (C=O) groups is 2. The molecule has 0 radical (unpaired) electrons. The standard InChI is InChI=1S/C20H22ClNO3.C3H6O3/c21-16-6-8-17(9-7-16)22(18-10-12-19(23)13-11-18)20(24)25-14-15-4-2-1-3-5-15;1-6-2-3(4)5/h6-13,15,23H,1-5,14H2;2H2,1H3,(H,4,5). The summed E-state index contributed by atoms with van der Waals surface area (Å²) in [5, 5.41) is 17.9. The van der Waals surface area contributed by atoms with Gasteiger partial charge in [-0.2, -0.15) is 0 Å². The number of phenolic OH excluding ortho intramolecular Hbond substituents is 1. The maximum Gasteiger partial charge on any atom is 0.418 e. The Bertz CT molecular complexity index is 773. The van der Waals surface area contributed by atoms with Gasteiger partial charge in [0.05, 0.1) is 18.0 Å². The van der Waals surface area contributed by atoms with Gasteiger partial charge in [0.25, 0.3) is 0 Å². The number of anilines is 2. The first-order valence-electron chi connectivity index (χ1n) is 10.1. The van der Waals surface area contributed by atoms with Crippen LogP contribution in [0.5, 0.6) is 5.75 Å². The minimum absolute atomic E-state index is 0.148. The lowest BCUT2D eigenvalue weighted by molar-refractivity contribution is -0.141. The second-order valence-electron chi connectivity index (χ2n) is 7.24. The van der Waals surface area contributed by atoms with Crippen molar-refractivity contribution in [3.05, 3.63) is 53.6 Å². The molecule has 0 bridgehead atoms. The Balaban J connectivity index is 0.000000501. The summed E-state index contributed by atoms with van der Waals surface area (Å²) in [6, 6.07) is 13.5. The van der Waals surface area contributed by atoms with Crippen LogP contribution in [0.25, 0.3) is 0 Å². The maximum absolute atomic E-state index is 12.8. The van der Waals surface area contributed by atoms with Gasteiger partial charge in [0, 0.05) is 12.1 Å². The van der Waals surface area contributed by atoms with Crippen LogP contribution in [0.15, 0.2) is 48.5 Å². The molecule has 1 fully saturated rings. The van der Waals surface area contributed by atoms with Crippen molar-refractivity contribution in [3.63, 3.8) is 0 Å². The topological polar surface area (TPSA) is 96.3 Å². The molecule has 168 valence electrons. The number of ether oxygens (including phenoxy) is 2. The minimum Gasteiger partial charge on any atom is -0.508 e. The van der Waals surface area contributed by atoms with E-state index in [0.29, 0.717) is 28.9 Å². The van der Waals surface area contributed by atoms with Crippen LogP contribution in [-0.2, 0) is 14.3 Å². The first-order valence-corrected chi connectivity index (χ1v) is 10.5. The number of phenols is 1. The van der Waals surface area contributed by atoms with Gasteiger partial charge >= 0.3 is 12.1 Å². The van der Waals surface area contributed by atoms with Crippen LogP contribution in [-0.4, -0.2) is 42.6 Å². The molecule has 0 spiro atoms. The summed E-state index contributed by atoms with van der Waals surface area (Å²) in [7, 11) is 1.34. The van der Waals surface area contributed by atoms with E-state index in [1.165, 1.54) is 31.3 Å². The fourth-order valence-corrected chi connectivity index (χ4v) is 3.41. The minimum atomic E-state index is -0.933. The molecule has 0 saturated heterocycles. The molecule has 1 saturated carbocycles. The lowest BCUT2D eigenvalue weighted by Gasteiger charge is -2.25. The largest absolute Gasteiger partial charge is 0.508 e. The molecule has 0 unspecified atom stereocenters. The molecular weight excluding hydrogens is 422 g/mol. The number of aliphatic carboxylic acids is 1. The summed E-state index contributed by atoms with van der Waals surface area (Å²) < 4.78 is 9.81. The number of benzene rings is 2. The smallest absolute Gasteiger partial charge is 0.418 e. The second-order valence-corrected chi connectivity index (χ2v) is 7.67. The molecular formula is C23H28ClNO6. The van der Waals surface area contributed by atoms with E-state index in [-0.39, 0.29) is 12.4 Å². The summed E-state index contributed by atoms with van der Waals surface area (Å²) in [5.74, 6) is -0.336. The van der Waals surface area contributed by atoms with Crippen molar-refractivity contribution in [2.45, 2.75) is 32.1 Å². The lowest BCUT2D eigenvalue weighted by atomic mass is 9.90. The van der Waals surface area contributed by atoms with Gasteiger partial charge < -0.3 is 19.7 Å². The number of carboxylic acids is 1. The zero-order chi connectivity index (χ0) is 22.6. The van der Waals surface area contributed by atoms with Gasteiger partial charge in [0.2, 0.25) is 0 Å². The van der Waals surface area contributed by atoms with Crippen molar-refractivity contribution >= 4 is 35.0 Å². The van der Waals surface area contributed by atoms with Gasteiger partial charge in [0.1, 0.15) is 12.4 Å². The van der Waals surface area contributed by atoms with Crippen LogP contribution in [0.3, 0.4) is 0 Å². The SMILES string of the molecule is COCC(=O)O.O=C(OCC1CCCCC1)N(c1ccc(O)cc1)c1ccc(Cl)cc1. The fraction of sp³-hybridized carbons (Fsp3) is 0.391. The van der Waals surface area contributed by atoms with E-state index in [4.69, 9.17) is 21.4 Å². The van der Waals surface area contributed by atoms with Crippen LogP contribution in [0.4, 0.5) is 16.2 Å². The Hall–Kier alpha value is -2.77. The predicted octanol–water partition coefficient (Wildman–Crippen LogP) is 5.62. The fourth-order valence-electron chi connectivity index (χ4n) is 3.28. The van der Waals surface area contributed by atoms with E-state index in [0.717, 1.165) is 12.8 Å². The highest BCUT2D eigenvalue weighted by atomic mass is 35.5. The average molecular weight is 450 g/mol. The molecule has 0 heterocycles. The Morgan fingerprint density at radius 3 is 2.03 bits per heavy atom. The lowest BCUT2D eigenvalue weighted by Crippen LogP contribution is -2.29. The second kappa shape index (κ2) is 12.8. The monoisotopic (exact) mass is 449 g/mol. The molecule has 8 heteroatoms. The van der Waals surface area contributed by atoms with Gasteiger partial charge in [-0.05, 0) is 67.3 Å². The van der Waals surface area contributed by atoms with Gasteiger partial charge in [-0.15, -0.1) is 0 Å². The van der Waals surface area contributed by atoms with Crippen molar-refractivity contribution in [1.82, 2.24) is 0 Å². The van der Waals surface area contributed by atoms with Crippen molar-refractivity contribution in [2.24, 2.45) is 5.92 Å². The van der Waals surface area contributed by atoms with Crippen molar-refractivity contribution in [3.8, 4) is 5.75 Å². The normalized spacial score (nSPS) is 13.6. The van der Waals surface area contributed by atoms with Gasteiger partial charge in [-0.1, -0.05) is 30.9 Å². The molecule has 2 aromatic rings. The van der Waals surface area contributed by atoms with E-state index in [2.05, 4.69) is 4.74 Å². The summed E-state index contributed by atoms with van der Waals surface area (Å²) in [6.45, 7) is 0.237. The molecule has 3 rings (SSSR count). The zero-order valence-corrected chi connectivity index (χ0v) is 18.3. The third-order valence-electron chi connectivity index (χ3n) is 4.81. The third kappa shape index (κ3) is 8.47. The Kier molecular flexibility index (Phi) is 10.1. The molecule has 2 N–H and O–H groups in total. The van der Waals surface area contributed by atoms with Crippen molar-refractivity contribution in [1.29, 1.82) is 0 Å². The first kappa shape index (κ1) is 24.5. The quantitative estimate of drug-likeness (QED) is 0.594. The zero-order valence-electron chi connectivity index (χ0n) is 17.5. The summed E-state index contributed by atoms with van der Waals surface area (Å²) in [5.41, 5.74) is 1.30. The molecule has 1 aliphatic carbocycles. The summed E-state index contributed by atoms with van der Waals surface area (Å²) in [4.78, 5) is 23.7. The van der Waals surface area contributed by atoms with Crippen LogP contribution in [0.1, 0.15) is 32.1 Å². The van der Waals surface area contributed by atoms with Crippen molar-refractivity contribution < 1.29 is 29.3 Å². The molecule has 1 amide bonds. The van der Waals surface area contributed by atoms with E-state index >= 15 is 0 Å². The number of hydrogen-bond acceptors (Lipinski definition) is 5. The highest BCUT2D eigenvalue weighted by molar-refractivity contribution is 6.30. The number of amides is 1. The first-order chi connectivity index (χ1) is 14.9. The molecule has 0 aliphatic heterocycles. The van der Waals surface area contributed by atoms with Crippen LogP contribution < -0.4 is 4.90 Å². The number of hydrogen-bond donors (Lipinski definition) is 2. The Morgan fingerprint density at radius 1 is 1.00 bits per heavy atom. The van der Waals surface area contributed by atoms with Gasteiger partial charge in [0.15, 0.2) is 0 Å². The highest BCUT2D eigenvalue weighted by Crippen LogP contribution is 2.30. The number of methoxy groups -OCH3 is 1. The van der Waals surface area contributed by atoms with Crippen molar-refractivity contribution in [2.75, 3.05) is 25.2 Å². The molecule has 2 aromatic carbocycles. The number of nitrogens with zero attached hydrogens (tertiary/aromatic N) is 1. The van der Waals surface area contributed by atoms with Crippen LogP contribution in [0, 0.1) is 5.92 Å². The highest BCUT2D eigenvalue weighted by Gasteiger charge is 2.22. The van der Waals surface area contributed by atoms with E-state index < -0.39 is 12.1 Å². The maximum atomic E-state index is 12.8.